The molecule has 1 aliphatic carbocycles. The number of aromatic nitrogens is 1. The van der Waals surface area contributed by atoms with E-state index in [1.165, 1.54) is 0 Å². The molecule has 38 heavy (non-hydrogen) atoms. The number of methoxy groups -OCH3 is 1. The van der Waals surface area contributed by atoms with Crippen molar-refractivity contribution < 1.29 is 50.3 Å². The standard InChI is InChI=1S/C22H29N3O5.CHF3O3S/c1-22(2,3)30-21(28)24-15-10-8-14(12-17(15)26)20(27)23-16-7-5-6-13-9-11-18(29-4)25-19(13)16;2-1(3,4)8(5,6)7/h5-7,9,11,14-15,17,26H,8,10,12H2,1-4H3,(H,23,27)(H,24,28);(H,5,6,7)/t14-,15-,17-;/m1./s1. The van der Waals surface area contributed by atoms with E-state index in [0.29, 0.717) is 29.9 Å². The second kappa shape index (κ2) is 12.1. The van der Waals surface area contributed by atoms with Gasteiger partial charge in [-0.3, -0.25) is 9.35 Å². The Morgan fingerprint density at radius 2 is 1.74 bits per heavy atom. The summed E-state index contributed by atoms with van der Waals surface area (Å²) in [4.78, 5) is 29.2. The van der Waals surface area contributed by atoms with E-state index in [4.69, 9.17) is 22.4 Å². The highest BCUT2D eigenvalue weighted by Crippen LogP contribution is 2.29. The Hall–Kier alpha value is -3.17. The maximum atomic E-state index is 12.8. The number of carbonyl (C=O) groups is 2. The summed E-state index contributed by atoms with van der Waals surface area (Å²) in [5.74, 6) is -0.0761. The molecule has 3 rings (SSSR count). The normalized spacial score (nSPS) is 20.1. The Labute approximate surface area is 217 Å². The predicted molar refractivity (Wildman–Crippen MR) is 131 cm³/mol. The maximum Gasteiger partial charge on any atom is 0.522 e. The molecular formula is C23H30F3N3O8S. The van der Waals surface area contributed by atoms with Gasteiger partial charge in [-0.2, -0.15) is 21.6 Å². The van der Waals surface area contributed by atoms with E-state index in [2.05, 4.69) is 15.6 Å². The molecule has 2 aromatic rings. The Morgan fingerprint density at radius 3 is 2.26 bits per heavy atom. The van der Waals surface area contributed by atoms with Crippen LogP contribution in [0.3, 0.4) is 0 Å². The molecule has 4 N–H and O–H groups in total. The smallest absolute Gasteiger partial charge is 0.481 e. The van der Waals surface area contributed by atoms with E-state index in [0.717, 1.165) is 5.39 Å². The fourth-order valence-corrected chi connectivity index (χ4v) is 3.59. The van der Waals surface area contributed by atoms with Gasteiger partial charge in [-0.1, -0.05) is 12.1 Å². The third kappa shape index (κ3) is 8.99. The van der Waals surface area contributed by atoms with Crippen molar-refractivity contribution in [3.8, 4) is 5.88 Å². The lowest BCUT2D eigenvalue weighted by Crippen LogP contribution is -2.49. The van der Waals surface area contributed by atoms with Crippen molar-refractivity contribution in [3.05, 3.63) is 30.3 Å². The van der Waals surface area contributed by atoms with E-state index >= 15 is 0 Å². The summed E-state index contributed by atoms with van der Waals surface area (Å²) in [6.45, 7) is 5.34. The number of fused-ring (bicyclic) bond motifs is 1. The minimum atomic E-state index is -5.84. The van der Waals surface area contributed by atoms with Crippen molar-refractivity contribution in [2.75, 3.05) is 12.4 Å². The van der Waals surface area contributed by atoms with Gasteiger partial charge in [0.2, 0.25) is 11.8 Å². The average Bonchev–Trinajstić information content (AvgIpc) is 2.78. The van der Waals surface area contributed by atoms with Crippen LogP contribution in [0.5, 0.6) is 5.88 Å². The number of benzene rings is 1. The van der Waals surface area contributed by atoms with E-state index in [1.54, 1.807) is 40.0 Å². The van der Waals surface area contributed by atoms with Gasteiger partial charge in [0.1, 0.15) is 5.60 Å². The number of rotatable bonds is 4. The summed E-state index contributed by atoms with van der Waals surface area (Å²) >= 11 is 0. The Balaban J connectivity index is 0.000000550. The second-order valence-corrected chi connectivity index (χ2v) is 10.9. The minimum Gasteiger partial charge on any atom is -0.481 e. The predicted octanol–water partition coefficient (Wildman–Crippen LogP) is 3.63. The highest BCUT2D eigenvalue weighted by molar-refractivity contribution is 7.86. The molecule has 1 aliphatic rings. The zero-order valence-electron chi connectivity index (χ0n) is 21.1. The van der Waals surface area contributed by atoms with Crippen LogP contribution in [0.25, 0.3) is 10.9 Å². The summed E-state index contributed by atoms with van der Waals surface area (Å²) in [6.07, 6.45) is -0.100. The van der Waals surface area contributed by atoms with Crippen LogP contribution in [0, 0.1) is 5.92 Å². The molecule has 0 unspecified atom stereocenters. The van der Waals surface area contributed by atoms with E-state index in [-0.39, 0.29) is 18.2 Å². The number of aliphatic hydroxyl groups excluding tert-OH is 1. The zero-order chi connectivity index (χ0) is 28.9. The van der Waals surface area contributed by atoms with E-state index < -0.39 is 39.5 Å². The van der Waals surface area contributed by atoms with Gasteiger partial charge >= 0.3 is 21.7 Å². The molecule has 1 fully saturated rings. The van der Waals surface area contributed by atoms with Crippen LogP contribution in [0.4, 0.5) is 23.7 Å². The van der Waals surface area contributed by atoms with Crippen molar-refractivity contribution in [2.45, 2.75) is 63.3 Å². The molecule has 0 aliphatic heterocycles. The van der Waals surface area contributed by atoms with Gasteiger partial charge in [0, 0.05) is 17.4 Å². The number of para-hydroxylation sites is 1. The first kappa shape index (κ1) is 31.1. The molecule has 1 saturated carbocycles. The van der Waals surface area contributed by atoms with Crippen LogP contribution in [0.1, 0.15) is 40.0 Å². The number of nitrogens with one attached hydrogen (secondary N) is 2. The molecule has 1 aromatic heterocycles. The quantitative estimate of drug-likeness (QED) is 0.320. The molecule has 0 radical (unpaired) electrons. The molecule has 0 spiro atoms. The van der Waals surface area contributed by atoms with Crippen LogP contribution in [0.15, 0.2) is 30.3 Å². The topological polar surface area (TPSA) is 164 Å². The van der Waals surface area contributed by atoms with Crippen LogP contribution in [-0.4, -0.2) is 65.4 Å². The summed E-state index contributed by atoms with van der Waals surface area (Å²) in [6, 6.07) is 8.76. The lowest BCUT2D eigenvalue weighted by Gasteiger charge is -2.33. The molecule has 3 atom stereocenters. The van der Waals surface area contributed by atoms with Crippen molar-refractivity contribution >= 4 is 38.7 Å². The van der Waals surface area contributed by atoms with Gasteiger partial charge in [-0.05, 0) is 52.2 Å². The molecule has 11 nitrogen and oxygen atoms in total. The second-order valence-electron chi connectivity index (χ2n) is 9.47. The number of nitrogens with zero attached hydrogens (tertiary/aromatic N) is 1. The number of pyridine rings is 1. The van der Waals surface area contributed by atoms with Crippen molar-refractivity contribution in [1.82, 2.24) is 10.3 Å². The third-order valence-corrected chi connectivity index (χ3v) is 5.93. The van der Waals surface area contributed by atoms with Gasteiger partial charge in [0.25, 0.3) is 0 Å². The fraction of sp³-hybridized carbons (Fsp3) is 0.522. The largest absolute Gasteiger partial charge is 0.522 e. The van der Waals surface area contributed by atoms with Crippen molar-refractivity contribution in [3.63, 3.8) is 0 Å². The van der Waals surface area contributed by atoms with Gasteiger partial charge in [-0.15, -0.1) is 0 Å². The number of alkyl halides is 3. The summed E-state index contributed by atoms with van der Waals surface area (Å²) in [7, 11) is -4.30. The SMILES string of the molecule is COc1ccc2cccc(NC(=O)[C@@H]3CC[C@@H](NC(=O)OC(C)(C)C)[C@H](O)C3)c2n1.O=S(=O)(O)C(F)(F)F. The number of aliphatic hydroxyl groups is 1. The highest BCUT2D eigenvalue weighted by atomic mass is 32.2. The first-order chi connectivity index (χ1) is 17.4. The summed E-state index contributed by atoms with van der Waals surface area (Å²) in [5.41, 5.74) is -4.90. The van der Waals surface area contributed by atoms with Crippen LogP contribution in [-0.2, 0) is 19.6 Å². The first-order valence-electron chi connectivity index (χ1n) is 11.4. The van der Waals surface area contributed by atoms with Gasteiger partial charge in [0.15, 0.2) is 0 Å². The average molecular weight is 566 g/mol. The Bertz CT molecular complexity index is 1250. The highest BCUT2D eigenvalue weighted by Gasteiger charge is 2.44. The summed E-state index contributed by atoms with van der Waals surface area (Å²) < 4.78 is 68.0. The molecule has 0 bridgehead atoms. The number of halogens is 3. The number of hydrogen-bond donors (Lipinski definition) is 4. The Morgan fingerprint density at radius 1 is 1.11 bits per heavy atom. The number of ether oxygens (including phenoxy) is 2. The number of alkyl carbamates (subject to hydrolysis) is 1. The van der Waals surface area contributed by atoms with Gasteiger partial charge in [0.05, 0.1) is 30.5 Å². The molecule has 1 heterocycles. The van der Waals surface area contributed by atoms with Crippen molar-refractivity contribution in [1.29, 1.82) is 0 Å². The lowest BCUT2D eigenvalue weighted by molar-refractivity contribution is -0.122. The fourth-order valence-electron chi connectivity index (χ4n) is 3.59. The molecular weight excluding hydrogens is 535 g/mol. The molecule has 15 heteroatoms. The lowest BCUT2D eigenvalue weighted by atomic mass is 9.83. The van der Waals surface area contributed by atoms with Crippen LogP contribution >= 0.6 is 0 Å². The van der Waals surface area contributed by atoms with Gasteiger partial charge in [-0.25, -0.2) is 9.78 Å². The molecule has 0 saturated heterocycles. The number of hydrogen-bond acceptors (Lipinski definition) is 8. The first-order valence-corrected chi connectivity index (χ1v) is 12.8. The molecule has 1 aromatic carbocycles. The number of anilines is 1. The Kier molecular flexibility index (Phi) is 9.91. The number of amides is 2. The van der Waals surface area contributed by atoms with Crippen LogP contribution < -0.4 is 15.4 Å². The molecule has 212 valence electrons. The molecule has 2 amide bonds. The number of carbonyl (C=O) groups excluding carboxylic acids is 2. The third-order valence-electron chi connectivity index (χ3n) is 5.34. The maximum absolute atomic E-state index is 12.8. The van der Waals surface area contributed by atoms with Crippen LogP contribution in [0.2, 0.25) is 0 Å². The van der Waals surface area contributed by atoms with Gasteiger partial charge < -0.3 is 25.2 Å². The van der Waals surface area contributed by atoms with E-state index in [1.807, 2.05) is 18.2 Å². The monoisotopic (exact) mass is 565 g/mol. The zero-order valence-corrected chi connectivity index (χ0v) is 21.9. The van der Waals surface area contributed by atoms with Crippen molar-refractivity contribution in [2.24, 2.45) is 5.92 Å². The van der Waals surface area contributed by atoms with E-state index in [9.17, 15) is 27.9 Å². The minimum absolute atomic E-state index is 0.179. The summed E-state index contributed by atoms with van der Waals surface area (Å²) in [5, 5.41) is 17.0.